The van der Waals surface area contributed by atoms with Crippen molar-refractivity contribution in [1.82, 2.24) is 5.32 Å². The summed E-state index contributed by atoms with van der Waals surface area (Å²) in [4.78, 5) is 36.1. The van der Waals surface area contributed by atoms with Crippen LogP contribution in [-0.4, -0.2) is 23.6 Å². The van der Waals surface area contributed by atoms with Crippen molar-refractivity contribution in [2.24, 2.45) is 11.7 Å². The highest BCUT2D eigenvalue weighted by Crippen LogP contribution is 2.15. The van der Waals surface area contributed by atoms with E-state index >= 15 is 0 Å². The largest absolute Gasteiger partial charge is 0.369 e. The van der Waals surface area contributed by atoms with Crippen LogP contribution >= 0.6 is 0 Å². The van der Waals surface area contributed by atoms with Crippen LogP contribution in [0.4, 0.5) is 0 Å². The third-order valence-electron chi connectivity index (χ3n) is 4.22. The van der Waals surface area contributed by atoms with Crippen LogP contribution in [0.5, 0.6) is 0 Å². The number of primary amides is 1. The van der Waals surface area contributed by atoms with Gasteiger partial charge in [-0.3, -0.25) is 14.4 Å². The minimum Gasteiger partial charge on any atom is -0.369 e. The number of ketones is 1. The van der Waals surface area contributed by atoms with Gasteiger partial charge in [-0.25, -0.2) is 0 Å². The van der Waals surface area contributed by atoms with E-state index in [9.17, 15) is 14.4 Å². The highest BCUT2D eigenvalue weighted by atomic mass is 16.2. The van der Waals surface area contributed by atoms with Gasteiger partial charge >= 0.3 is 0 Å². The van der Waals surface area contributed by atoms with E-state index in [-0.39, 0.29) is 18.1 Å². The minimum absolute atomic E-state index is 0.00199. The Bertz CT molecular complexity index is 744. The zero-order valence-corrected chi connectivity index (χ0v) is 14.9. The number of hydrogen-bond acceptors (Lipinski definition) is 3. The lowest BCUT2D eigenvalue weighted by atomic mass is 9.90. The molecule has 0 fully saturated rings. The first-order chi connectivity index (χ1) is 12.5. The van der Waals surface area contributed by atoms with Crippen molar-refractivity contribution in [3.63, 3.8) is 0 Å². The summed E-state index contributed by atoms with van der Waals surface area (Å²) in [7, 11) is 0. The van der Waals surface area contributed by atoms with Gasteiger partial charge in [0.05, 0.1) is 6.04 Å². The predicted octanol–water partition coefficient (Wildman–Crippen LogP) is 2.04. The lowest BCUT2D eigenvalue weighted by molar-refractivity contribution is -0.130. The SMILES string of the molecule is CC(=O)NC(Cc1ccccc1)C(=O)CC(Cc1ccccc1)C(N)=O. The second kappa shape index (κ2) is 9.51. The number of carbonyl (C=O) groups is 3. The zero-order chi connectivity index (χ0) is 18.9. The number of nitrogens with two attached hydrogens (primary N) is 1. The van der Waals surface area contributed by atoms with Crippen LogP contribution in [0.3, 0.4) is 0 Å². The summed E-state index contributed by atoms with van der Waals surface area (Å²) in [6, 6.07) is 18.2. The van der Waals surface area contributed by atoms with E-state index in [1.807, 2.05) is 60.7 Å². The molecule has 0 bridgehead atoms. The molecule has 0 saturated carbocycles. The molecule has 0 aliphatic heterocycles. The maximum Gasteiger partial charge on any atom is 0.221 e. The summed E-state index contributed by atoms with van der Waals surface area (Å²) >= 11 is 0. The van der Waals surface area contributed by atoms with E-state index < -0.39 is 17.9 Å². The van der Waals surface area contributed by atoms with Gasteiger partial charge in [0.25, 0.3) is 0 Å². The standard InChI is InChI=1S/C21H24N2O3/c1-15(24)23-19(13-17-10-6-3-7-11-17)20(25)14-18(21(22)26)12-16-8-4-2-5-9-16/h2-11,18-19H,12-14H2,1H3,(H2,22,26)(H,23,24). The molecule has 0 spiro atoms. The molecule has 0 aliphatic carbocycles. The fraction of sp³-hybridized carbons (Fsp3) is 0.286. The van der Waals surface area contributed by atoms with E-state index in [4.69, 9.17) is 5.73 Å². The molecule has 2 atom stereocenters. The van der Waals surface area contributed by atoms with E-state index in [1.165, 1.54) is 6.92 Å². The smallest absolute Gasteiger partial charge is 0.221 e. The number of Topliss-reactive ketones (excluding diaryl/α,β-unsaturated/α-hetero) is 1. The number of amides is 2. The van der Waals surface area contributed by atoms with Crippen molar-refractivity contribution < 1.29 is 14.4 Å². The van der Waals surface area contributed by atoms with Crippen molar-refractivity contribution in [1.29, 1.82) is 0 Å². The quantitative estimate of drug-likeness (QED) is 0.724. The normalized spacial score (nSPS) is 12.8. The molecule has 2 aromatic carbocycles. The van der Waals surface area contributed by atoms with Crippen molar-refractivity contribution in [3.05, 3.63) is 71.8 Å². The molecule has 136 valence electrons. The average Bonchev–Trinajstić information content (AvgIpc) is 2.62. The Labute approximate surface area is 153 Å². The number of hydrogen-bond donors (Lipinski definition) is 2. The number of rotatable bonds is 9. The first kappa shape index (κ1) is 19.4. The highest BCUT2D eigenvalue weighted by molar-refractivity contribution is 5.92. The first-order valence-corrected chi connectivity index (χ1v) is 8.62. The van der Waals surface area contributed by atoms with Gasteiger partial charge in [-0.1, -0.05) is 60.7 Å². The molecule has 5 heteroatoms. The zero-order valence-electron chi connectivity index (χ0n) is 14.9. The second-order valence-corrected chi connectivity index (χ2v) is 6.40. The number of benzene rings is 2. The summed E-state index contributed by atoms with van der Waals surface area (Å²) in [6.07, 6.45) is 0.790. The molecule has 2 unspecified atom stereocenters. The van der Waals surface area contributed by atoms with Crippen LogP contribution in [-0.2, 0) is 27.2 Å². The average molecular weight is 352 g/mol. The van der Waals surface area contributed by atoms with E-state index in [0.717, 1.165) is 11.1 Å². The van der Waals surface area contributed by atoms with Crippen LogP contribution in [0.15, 0.2) is 60.7 Å². The maximum atomic E-state index is 12.8. The summed E-state index contributed by atoms with van der Waals surface area (Å²) in [5, 5.41) is 2.70. The van der Waals surface area contributed by atoms with Gasteiger partial charge in [-0.2, -0.15) is 0 Å². The monoisotopic (exact) mass is 352 g/mol. The minimum atomic E-state index is -0.674. The Morgan fingerprint density at radius 3 is 1.85 bits per heavy atom. The van der Waals surface area contributed by atoms with E-state index in [2.05, 4.69) is 5.32 Å². The van der Waals surface area contributed by atoms with Crippen LogP contribution in [0.2, 0.25) is 0 Å². The Hall–Kier alpha value is -2.95. The Balaban J connectivity index is 2.09. The molecule has 0 aliphatic rings. The molecule has 3 N–H and O–H groups in total. The van der Waals surface area contributed by atoms with Crippen molar-refractivity contribution in [2.45, 2.75) is 32.2 Å². The van der Waals surface area contributed by atoms with Gasteiger partial charge < -0.3 is 11.1 Å². The summed E-state index contributed by atoms with van der Waals surface area (Å²) in [5.74, 6) is -1.58. The Morgan fingerprint density at radius 1 is 0.885 bits per heavy atom. The lowest BCUT2D eigenvalue weighted by Gasteiger charge is -2.20. The lowest BCUT2D eigenvalue weighted by Crippen LogP contribution is -2.43. The molecular weight excluding hydrogens is 328 g/mol. The van der Waals surface area contributed by atoms with Crippen LogP contribution < -0.4 is 11.1 Å². The van der Waals surface area contributed by atoms with Crippen molar-refractivity contribution in [2.75, 3.05) is 0 Å². The summed E-state index contributed by atoms with van der Waals surface area (Å²) in [5.41, 5.74) is 7.40. The number of carbonyl (C=O) groups excluding carboxylic acids is 3. The van der Waals surface area contributed by atoms with Gasteiger partial charge in [0, 0.05) is 19.3 Å². The van der Waals surface area contributed by atoms with Crippen LogP contribution in [0.1, 0.15) is 24.5 Å². The maximum absolute atomic E-state index is 12.8. The molecule has 2 amide bonds. The summed E-state index contributed by atoms with van der Waals surface area (Å²) < 4.78 is 0. The molecule has 2 aromatic rings. The predicted molar refractivity (Wildman–Crippen MR) is 100 cm³/mol. The van der Waals surface area contributed by atoms with Crippen molar-refractivity contribution >= 4 is 17.6 Å². The molecular formula is C21H24N2O3. The highest BCUT2D eigenvalue weighted by Gasteiger charge is 2.26. The molecule has 26 heavy (non-hydrogen) atoms. The third-order valence-corrected chi connectivity index (χ3v) is 4.22. The molecule has 5 nitrogen and oxygen atoms in total. The third kappa shape index (κ3) is 6.16. The summed E-state index contributed by atoms with van der Waals surface area (Å²) in [6.45, 7) is 1.38. The first-order valence-electron chi connectivity index (χ1n) is 8.62. The molecule has 2 rings (SSSR count). The van der Waals surface area contributed by atoms with Gasteiger partial charge in [-0.15, -0.1) is 0 Å². The molecule has 0 saturated heterocycles. The van der Waals surface area contributed by atoms with Crippen molar-refractivity contribution in [3.8, 4) is 0 Å². The fourth-order valence-corrected chi connectivity index (χ4v) is 2.90. The Kier molecular flexibility index (Phi) is 7.09. The number of nitrogens with one attached hydrogen (secondary N) is 1. The van der Waals surface area contributed by atoms with E-state index in [0.29, 0.717) is 12.8 Å². The second-order valence-electron chi connectivity index (χ2n) is 6.40. The Morgan fingerprint density at radius 2 is 1.38 bits per heavy atom. The van der Waals surface area contributed by atoms with Crippen LogP contribution in [0, 0.1) is 5.92 Å². The van der Waals surface area contributed by atoms with Crippen LogP contribution in [0.25, 0.3) is 0 Å². The van der Waals surface area contributed by atoms with Gasteiger partial charge in [-0.05, 0) is 24.0 Å². The molecule has 0 heterocycles. The molecule has 0 aromatic heterocycles. The topological polar surface area (TPSA) is 89.3 Å². The van der Waals surface area contributed by atoms with Gasteiger partial charge in [0.2, 0.25) is 11.8 Å². The van der Waals surface area contributed by atoms with E-state index in [1.54, 1.807) is 0 Å². The fourth-order valence-electron chi connectivity index (χ4n) is 2.90. The molecule has 0 radical (unpaired) electrons. The van der Waals surface area contributed by atoms with Gasteiger partial charge in [0.1, 0.15) is 0 Å². The van der Waals surface area contributed by atoms with Gasteiger partial charge in [0.15, 0.2) is 5.78 Å².